The van der Waals surface area contributed by atoms with Gasteiger partial charge in [0.25, 0.3) is 0 Å². The van der Waals surface area contributed by atoms with Gasteiger partial charge in [0.15, 0.2) is 11.6 Å². The molecule has 4 heteroatoms. The maximum atomic E-state index is 10.8. The molecule has 1 aromatic carbocycles. The molecule has 0 radical (unpaired) electrons. The van der Waals surface area contributed by atoms with Gasteiger partial charge in [0.2, 0.25) is 0 Å². The van der Waals surface area contributed by atoms with Crippen LogP contribution >= 0.6 is 0 Å². The van der Waals surface area contributed by atoms with Crippen molar-refractivity contribution in [2.45, 2.75) is 24.7 Å². The smallest absolute Gasteiger partial charge is 0.357 e. The third-order valence-corrected chi connectivity index (χ3v) is 4.36. The molecule has 0 spiro atoms. The minimum atomic E-state index is -1.03. The van der Waals surface area contributed by atoms with Gasteiger partial charge in [-0.05, 0) is 35.8 Å². The minimum absolute atomic E-state index is 0.00642. The summed E-state index contributed by atoms with van der Waals surface area (Å²) in [6.45, 7) is 0. The molecule has 4 nitrogen and oxygen atoms in total. The van der Waals surface area contributed by atoms with E-state index in [2.05, 4.69) is 29.2 Å². The molecule has 0 saturated heterocycles. The number of oxazole rings is 1. The fourth-order valence-electron chi connectivity index (χ4n) is 3.44. The third kappa shape index (κ3) is 1.52. The second-order valence-electron chi connectivity index (χ2n) is 5.33. The molecule has 3 atom stereocenters. The highest BCUT2D eigenvalue weighted by molar-refractivity contribution is 5.84. The molecule has 2 aromatic rings. The van der Waals surface area contributed by atoms with Crippen LogP contribution in [0.3, 0.4) is 0 Å². The Hall–Kier alpha value is -2.10. The fraction of sp³-hybridized carbons (Fsp3) is 0.333. The zero-order chi connectivity index (χ0) is 13.0. The summed E-state index contributed by atoms with van der Waals surface area (Å²) in [7, 11) is 0. The highest BCUT2D eigenvalue weighted by Gasteiger charge is 2.56. The predicted molar refractivity (Wildman–Crippen MR) is 67.2 cm³/mol. The van der Waals surface area contributed by atoms with E-state index in [0.29, 0.717) is 17.7 Å². The molecule has 4 rings (SSSR count). The molecule has 19 heavy (non-hydrogen) atoms. The molecule has 0 aliphatic heterocycles. The van der Waals surface area contributed by atoms with Crippen LogP contribution in [-0.2, 0) is 6.42 Å². The second kappa shape index (κ2) is 3.70. The van der Waals surface area contributed by atoms with Gasteiger partial charge in [-0.1, -0.05) is 24.3 Å². The Morgan fingerprint density at radius 3 is 2.95 bits per heavy atom. The molecule has 1 fully saturated rings. The molecule has 1 heterocycles. The van der Waals surface area contributed by atoms with Crippen LogP contribution in [0.1, 0.15) is 45.8 Å². The number of carbonyl (C=O) groups is 1. The number of hydrogen-bond donors (Lipinski definition) is 1. The Kier molecular flexibility index (Phi) is 2.10. The van der Waals surface area contributed by atoms with E-state index in [4.69, 9.17) is 9.52 Å². The Bertz CT molecular complexity index is 661. The summed E-state index contributed by atoms with van der Waals surface area (Å²) < 4.78 is 5.36. The van der Waals surface area contributed by atoms with E-state index < -0.39 is 5.97 Å². The van der Waals surface area contributed by atoms with Gasteiger partial charge in [0.05, 0.1) is 0 Å². The summed E-state index contributed by atoms with van der Waals surface area (Å²) >= 11 is 0. The predicted octanol–water partition coefficient (Wildman–Crippen LogP) is 2.82. The van der Waals surface area contributed by atoms with Crippen molar-refractivity contribution in [2.75, 3.05) is 0 Å². The maximum absolute atomic E-state index is 10.8. The van der Waals surface area contributed by atoms with Crippen molar-refractivity contribution >= 4 is 5.97 Å². The Labute approximate surface area is 110 Å². The van der Waals surface area contributed by atoms with E-state index in [0.717, 1.165) is 12.8 Å². The number of carboxylic acid groups (broad SMARTS) is 1. The molecular formula is C15H13NO3. The number of carboxylic acids is 1. The summed E-state index contributed by atoms with van der Waals surface area (Å²) in [6.07, 6.45) is 3.48. The van der Waals surface area contributed by atoms with Gasteiger partial charge in [0, 0.05) is 5.92 Å². The molecule has 2 aliphatic carbocycles. The van der Waals surface area contributed by atoms with Crippen molar-refractivity contribution in [1.29, 1.82) is 0 Å². The summed E-state index contributed by atoms with van der Waals surface area (Å²) in [5, 5.41) is 8.89. The zero-order valence-electron chi connectivity index (χ0n) is 10.2. The Morgan fingerprint density at radius 2 is 2.16 bits per heavy atom. The number of aryl methyl sites for hydroxylation is 1. The van der Waals surface area contributed by atoms with E-state index in [1.807, 2.05) is 0 Å². The summed E-state index contributed by atoms with van der Waals surface area (Å²) in [4.78, 5) is 15.0. The van der Waals surface area contributed by atoms with E-state index in [9.17, 15) is 4.79 Å². The van der Waals surface area contributed by atoms with Gasteiger partial charge < -0.3 is 9.52 Å². The van der Waals surface area contributed by atoms with Gasteiger partial charge in [-0.2, -0.15) is 0 Å². The monoisotopic (exact) mass is 255 g/mol. The molecule has 2 aliphatic rings. The quantitative estimate of drug-likeness (QED) is 0.896. The van der Waals surface area contributed by atoms with Gasteiger partial charge in [-0.15, -0.1) is 0 Å². The Balaban J connectivity index is 1.68. The molecule has 1 aromatic heterocycles. The van der Waals surface area contributed by atoms with Gasteiger partial charge in [-0.3, -0.25) is 0 Å². The number of rotatable bonds is 2. The average Bonchev–Trinajstić information content (AvgIpc) is 2.96. The van der Waals surface area contributed by atoms with Crippen LogP contribution in [0.2, 0.25) is 0 Å². The maximum Gasteiger partial charge on any atom is 0.357 e. The number of hydrogen-bond acceptors (Lipinski definition) is 3. The Morgan fingerprint density at radius 1 is 1.32 bits per heavy atom. The normalized spacial score (nSPS) is 27.5. The van der Waals surface area contributed by atoms with E-state index in [-0.39, 0.29) is 11.6 Å². The minimum Gasteiger partial charge on any atom is -0.476 e. The van der Waals surface area contributed by atoms with Crippen molar-refractivity contribution < 1.29 is 14.3 Å². The third-order valence-electron chi connectivity index (χ3n) is 4.36. The summed E-state index contributed by atoms with van der Waals surface area (Å²) in [6, 6.07) is 8.49. The number of aromatic carboxylic acids is 1. The molecule has 0 bridgehead atoms. The van der Waals surface area contributed by atoms with Crippen molar-refractivity contribution in [2.24, 2.45) is 5.92 Å². The van der Waals surface area contributed by atoms with E-state index in [1.54, 1.807) is 0 Å². The lowest BCUT2D eigenvalue weighted by molar-refractivity contribution is 0.0690. The van der Waals surface area contributed by atoms with Gasteiger partial charge >= 0.3 is 5.97 Å². The standard InChI is InChI=1S/C15H13NO3/c17-15(18)11-7-19-14(16-11)13-10-6-5-8-3-1-2-4-9(8)12(10)13/h1-4,7,10,12-13H,5-6H2,(H,17,18). The van der Waals surface area contributed by atoms with Crippen LogP contribution in [0.4, 0.5) is 0 Å². The molecule has 96 valence electrons. The molecule has 1 saturated carbocycles. The molecule has 0 amide bonds. The average molecular weight is 255 g/mol. The largest absolute Gasteiger partial charge is 0.476 e. The lowest BCUT2D eigenvalue weighted by Crippen LogP contribution is -2.00. The lowest BCUT2D eigenvalue weighted by Gasteiger charge is -2.13. The highest BCUT2D eigenvalue weighted by atomic mass is 16.4. The molecular weight excluding hydrogens is 242 g/mol. The highest BCUT2D eigenvalue weighted by Crippen LogP contribution is 2.64. The summed E-state index contributed by atoms with van der Waals surface area (Å²) in [5.74, 6) is 0.848. The first-order valence-corrected chi connectivity index (χ1v) is 6.52. The SMILES string of the molecule is O=C(O)c1coc(C2C3CCc4ccccc4C32)n1. The number of nitrogens with zero attached hydrogens (tertiary/aromatic N) is 1. The summed E-state index contributed by atoms with van der Waals surface area (Å²) in [5.41, 5.74) is 2.81. The van der Waals surface area contributed by atoms with Crippen LogP contribution in [0.15, 0.2) is 34.9 Å². The number of fused-ring (bicyclic) bond motifs is 3. The van der Waals surface area contributed by atoms with Crippen molar-refractivity contribution in [3.05, 3.63) is 53.2 Å². The number of aromatic nitrogens is 1. The second-order valence-corrected chi connectivity index (χ2v) is 5.33. The van der Waals surface area contributed by atoms with Crippen LogP contribution in [0.5, 0.6) is 0 Å². The van der Waals surface area contributed by atoms with Gasteiger partial charge in [0.1, 0.15) is 6.26 Å². The van der Waals surface area contributed by atoms with Crippen molar-refractivity contribution in [3.63, 3.8) is 0 Å². The van der Waals surface area contributed by atoms with Crippen molar-refractivity contribution in [1.82, 2.24) is 4.98 Å². The first kappa shape index (κ1) is 10.8. The number of benzene rings is 1. The van der Waals surface area contributed by atoms with Crippen LogP contribution in [0.25, 0.3) is 0 Å². The molecule has 1 N–H and O–H groups in total. The lowest BCUT2D eigenvalue weighted by atomic mass is 9.92. The first-order valence-electron chi connectivity index (χ1n) is 6.52. The van der Waals surface area contributed by atoms with Gasteiger partial charge in [-0.25, -0.2) is 9.78 Å². The van der Waals surface area contributed by atoms with Crippen LogP contribution < -0.4 is 0 Å². The van der Waals surface area contributed by atoms with E-state index in [1.165, 1.54) is 17.4 Å². The van der Waals surface area contributed by atoms with E-state index >= 15 is 0 Å². The topological polar surface area (TPSA) is 63.3 Å². The fourth-order valence-corrected chi connectivity index (χ4v) is 3.44. The van der Waals surface area contributed by atoms with Crippen LogP contribution in [0, 0.1) is 5.92 Å². The first-order chi connectivity index (χ1) is 9.25. The molecule has 3 unspecified atom stereocenters. The zero-order valence-corrected chi connectivity index (χ0v) is 10.2. The van der Waals surface area contributed by atoms with Crippen molar-refractivity contribution in [3.8, 4) is 0 Å². The van der Waals surface area contributed by atoms with Crippen LogP contribution in [-0.4, -0.2) is 16.1 Å².